The smallest absolute Gasteiger partial charge is 0.163 e. The Balaban J connectivity index is 1.73. The molecular weight excluding hydrogens is 230 g/mol. The molecule has 0 radical (unpaired) electrons. The molecule has 0 bridgehead atoms. The number of aliphatic hydroxyl groups is 1. The first-order chi connectivity index (χ1) is 8.86. The Hall–Kier alpha value is -1.42. The van der Waals surface area contributed by atoms with Gasteiger partial charge in [-0.3, -0.25) is 0 Å². The highest BCUT2D eigenvalue weighted by atomic mass is 16.6. The number of rotatable bonds is 2. The van der Waals surface area contributed by atoms with E-state index in [9.17, 15) is 0 Å². The lowest BCUT2D eigenvalue weighted by Gasteiger charge is -2.33. The average molecular weight is 249 g/mol. The molecule has 0 amide bonds. The van der Waals surface area contributed by atoms with Crippen molar-refractivity contribution in [2.75, 3.05) is 37.8 Å². The molecule has 1 fully saturated rings. The van der Waals surface area contributed by atoms with Crippen molar-refractivity contribution in [2.45, 2.75) is 12.8 Å². The Morgan fingerprint density at radius 2 is 1.83 bits per heavy atom. The molecule has 1 aromatic rings. The molecule has 2 aliphatic rings. The van der Waals surface area contributed by atoms with Crippen molar-refractivity contribution >= 4 is 5.69 Å². The van der Waals surface area contributed by atoms with Crippen molar-refractivity contribution in [3.8, 4) is 11.5 Å². The SMILES string of the molecule is OCC1CCN(c2ccc3c(c2)OCCO3)CC1. The summed E-state index contributed by atoms with van der Waals surface area (Å²) in [6.45, 7) is 3.59. The molecule has 1 N–H and O–H groups in total. The highest BCUT2D eigenvalue weighted by molar-refractivity contribution is 5.57. The minimum atomic E-state index is 0.314. The minimum Gasteiger partial charge on any atom is -0.486 e. The predicted octanol–water partition coefficient (Wildman–Crippen LogP) is 1.67. The van der Waals surface area contributed by atoms with E-state index in [1.807, 2.05) is 6.07 Å². The molecule has 0 aromatic heterocycles. The first-order valence-corrected chi connectivity index (χ1v) is 6.62. The Morgan fingerprint density at radius 1 is 1.11 bits per heavy atom. The largest absolute Gasteiger partial charge is 0.486 e. The Kier molecular flexibility index (Phi) is 3.28. The van der Waals surface area contributed by atoms with Crippen LogP contribution in [0.4, 0.5) is 5.69 Å². The monoisotopic (exact) mass is 249 g/mol. The second-order valence-electron chi connectivity index (χ2n) is 4.94. The molecule has 1 aromatic carbocycles. The summed E-state index contributed by atoms with van der Waals surface area (Å²) in [7, 11) is 0. The zero-order valence-corrected chi connectivity index (χ0v) is 10.5. The summed E-state index contributed by atoms with van der Waals surface area (Å²) in [6.07, 6.45) is 2.12. The van der Waals surface area contributed by atoms with Crippen molar-refractivity contribution in [1.29, 1.82) is 0 Å². The number of nitrogens with zero attached hydrogens (tertiary/aromatic N) is 1. The van der Waals surface area contributed by atoms with Crippen LogP contribution in [0, 0.1) is 5.92 Å². The van der Waals surface area contributed by atoms with Gasteiger partial charge >= 0.3 is 0 Å². The molecule has 98 valence electrons. The lowest BCUT2D eigenvalue weighted by Crippen LogP contribution is -2.34. The average Bonchev–Trinajstić information content (AvgIpc) is 2.47. The number of hydrogen-bond acceptors (Lipinski definition) is 4. The molecule has 0 atom stereocenters. The van der Waals surface area contributed by atoms with Gasteiger partial charge in [0.15, 0.2) is 11.5 Å². The van der Waals surface area contributed by atoms with Crippen LogP contribution in [-0.4, -0.2) is 38.0 Å². The molecule has 0 unspecified atom stereocenters. The number of aliphatic hydroxyl groups excluding tert-OH is 1. The van der Waals surface area contributed by atoms with E-state index in [0.29, 0.717) is 25.7 Å². The Bertz CT molecular complexity index is 414. The van der Waals surface area contributed by atoms with Gasteiger partial charge in [0.1, 0.15) is 13.2 Å². The van der Waals surface area contributed by atoms with Gasteiger partial charge in [0.05, 0.1) is 0 Å². The fraction of sp³-hybridized carbons (Fsp3) is 0.571. The second-order valence-corrected chi connectivity index (χ2v) is 4.94. The van der Waals surface area contributed by atoms with E-state index in [4.69, 9.17) is 14.6 Å². The van der Waals surface area contributed by atoms with E-state index >= 15 is 0 Å². The molecule has 2 aliphatic heterocycles. The Morgan fingerprint density at radius 3 is 2.56 bits per heavy atom. The van der Waals surface area contributed by atoms with Crippen LogP contribution in [0.15, 0.2) is 18.2 Å². The summed E-state index contributed by atoms with van der Waals surface area (Å²) in [5.41, 5.74) is 1.19. The lowest BCUT2D eigenvalue weighted by atomic mass is 9.97. The van der Waals surface area contributed by atoms with Crippen LogP contribution in [0.5, 0.6) is 11.5 Å². The zero-order valence-electron chi connectivity index (χ0n) is 10.5. The van der Waals surface area contributed by atoms with Gasteiger partial charge in [0.25, 0.3) is 0 Å². The summed E-state index contributed by atoms with van der Waals surface area (Å²) in [5.74, 6) is 2.16. The fourth-order valence-electron chi connectivity index (χ4n) is 2.60. The van der Waals surface area contributed by atoms with Gasteiger partial charge < -0.3 is 19.5 Å². The molecule has 0 aliphatic carbocycles. The van der Waals surface area contributed by atoms with Crippen LogP contribution in [0.2, 0.25) is 0 Å². The highest BCUT2D eigenvalue weighted by Crippen LogP contribution is 2.35. The number of hydrogen-bond donors (Lipinski definition) is 1. The number of anilines is 1. The van der Waals surface area contributed by atoms with E-state index in [0.717, 1.165) is 37.4 Å². The first kappa shape index (κ1) is 11.7. The molecule has 0 saturated carbocycles. The maximum atomic E-state index is 9.15. The van der Waals surface area contributed by atoms with Crippen molar-refractivity contribution in [2.24, 2.45) is 5.92 Å². The van der Waals surface area contributed by atoms with Crippen LogP contribution in [0.25, 0.3) is 0 Å². The van der Waals surface area contributed by atoms with Gasteiger partial charge in [-0.1, -0.05) is 0 Å². The standard InChI is InChI=1S/C14H19NO3/c16-10-11-3-5-15(6-4-11)12-1-2-13-14(9-12)18-8-7-17-13/h1-2,9,11,16H,3-8,10H2. The van der Waals surface area contributed by atoms with E-state index in [1.54, 1.807) is 0 Å². The van der Waals surface area contributed by atoms with Crippen LogP contribution < -0.4 is 14.4 Å². The number of ether oxygens (including phenoxy) is 2. The van der Waals surface area contributed by atoms with E-state index in [-0.39, 0.29) is 0 Å². The van der Waals surface area contributed by atoms with E-state index < -0.39 is 0 Å². The van der Waals surface area contributed by atoms with Crippen molar-refractivity contribution < 1.29 is 14.6 Å². The third-order valence-electron chi connectivity index (χ3n) is 3.76. The molecule has 1 saturated heterocycles. The van der Waals surface area contributed by atoms with Gasteiger partial charge in [-0.05, 0) is 30.9 Å². The fourth-order valence-corrected chi connectivity index (χ4v) is 2.60. The minimum absolute atomic E-state index is 0.314. The molecule has 4 heteroatoms. The summed E-state index contributed by atoms with van der Waals surface area (Å²) in [5, 5.41) is 9.15. The molecule has 3 rings (SSSR count). The van der Waals surface area contributed by atoms with Crippen LogP contribution in [0.3, 0.4) is 0 Å². The zero-order chi connectivity index (χ0) is 12.4. The first-order valence-electron chi connectivity index (χ1n) is 6.62. The van der Waals surface area contributed by atoms with Crippen LogP contribution in [0.1, 0.15) is 12.8 Å². The highest BCUT2D eigenvalue weighted by Gasteiger charge is 2.20. The van der Waals surface area contributed by atoms with E-state index in [1.165, 1.54) is 5.69 Å². The van der Waals surface area contributed by atoms with Gasteiger partial charge in [0, 0.05) is 31.5 Å². The lowest BCUT2D eigenvalue weighted by molar-refractivity contribution is 0.171. The van der Waals surface area contributed by atoms with Crippen molar-refractivity contribution in [3.05, 3.63) is 18.2 Å². The van der Waals surface area contributed by atoms with Crippen molar-refractivity contribution in [1.82, 2.24) is 0 Å². The van der Waals surface area contributed by atoms with Gasteiger partial charge in [-0.25, -0.2) is 0 Å². The predicted molar refractivity (Wildman–Crippen MR) is 69.5 cm³/mol. The number of fused-ring (bicyclic) bond motifs is 1. The quantitative estimate of drug-likeness (QED) is 0.865. The topological polar surface area (TPSA) is 41.9 Å². The Labute approximate surface area is 107 Å². The second kappa shape index (κ2) is 5.06. The molecule has 4 nitrogen and oxygen atoms in total. The molecule has 2 heterocycles. The van der Waals surface area contributed by atoms with Crippen LogP contribution >= 0.6 is 0 Å². The number of piperidine rings is 1. The summed E-state index contributed by atoms with van der Waals surface area (Å²) in [6, 6.07) is 6.14. The normalized spacial score (nSPS) is 19.9. The molecular formula is C14H19NO3. The van der Waals surface area contributed by atoms with E-state index in [2.05, 4.69) is 17.0 Å². The third kappa shape index (κ3) is 2.25. The summed E-state index contributed by atoms with van der Waals surface area (Å²) in [4.78, 5) is 2.35. The maximum absolute atomic E-state index is 9.15. The van der Waals surface area contributed by atoms with Gasteiger partial charge in [0.2, 0.25) is 0 Å². The molecule has 0 spiro atoms. The number of benzene rings is 1. The summed E-state index contributed by atoms with van der Waals surface area (Å²) >= 11 is 0. The van der Waals surface area contributed by atoms with Crippen molar-refractivity contribution in [3.63, 3.8) is 0 Å². The molecule has 18 heavy (non-hydrogen) atoms. The third-order valence-corrected chi connectivity index (χ3v) is 3.76. The van der Waals surface area contributed by atoms with Gasteiger partial charge in [-0.15, -0.1) is 0 Å². The maximum Gasteiger partial charge on any atom is 0.163 e. The van der Waals surface area contributed by atoms with Crippen LogP contribution in [-0.2, 0) is 0 Å². The van der Waals surface area contributed by atoms with Gasteiger partial charge in [-0.2, -0.15) is 0 Å². The summed E-state index contributed by atoms with van der Waals surface area (Å²) < 4.78 is 11.1.